The van der Waals surface area contributed by atoms with Crippen molar-refractivity contribution in [1.82, 2.24) is 15.1 Å². The predicted octanol–water partition coefficient (Wildman–Crippen LogP) is 3.60. The topological polar surface area (TPSA) is 66.0 Å². The summed E-state index contributed by atoms with van der Waals surface area (Å²) in [4.78, 5) is 2.39. The third kappa shape index (κ3) is 3.44. The summed E-state index contributed by atoms with van der Waals surface area (Å²) in [6.07, 6.45) is 1.02. The van der Waals surface area contributed by atoms with E-state index in [1.165, 1.54) is 5.56 Å². The standard InChI is InChI=1S/C20H18N4O/c21-12-15-6-8-16(9-7-15)13-24-11-10-18(14-24)20-23-22-19(25-20)17-4-2-1-3-5-17/h1-9,18H,10-11,13-14H2/t18-/m0/s1. The van der Waals surface area contributed by atoms with Gasteiger partial charge in [0.05, 0.1) is 17.6 Å². The molecule has 1 atom stereocenters. The summed E-state index contributed by atoms with van der Waals surface area (Å²) in [7, 11) is 0. The molecular formula is C20H18N4O. The highest BCUT2D eigenvalue weighted by molar-refractivity contribution is 5.51. The van der Waals surface area contributed by atoms with E-state index >= 15 is 0 Å². The molecule has 0 radical (unpaired) electrons. The van der Waals surface area contributed by atoms with E-state index in [9.17, 15) is 0 Å². The van der Waals surface area contributed by atoms with Gasteiger partial charge in [0.1, 0.15) is 0 Å². The van der Waals surface area contributed by atoms with Gasteiger partial charge in [-0.25, -0.2) is 0 Å². The van der Waals surface area contributed by atoms with Gasteiger partial charge in [-0.3, -0.25) is 4.90 Å². The third-order valence-corrected chi connectivity index (χ3v) is 4.57. The largest absolute Gasteiger partial charge is 0.420 e. The van der Waals surface area contributed by atoms with Crippen molar-refractivity contribution in [3.8, 4) is 17.5 Å². The first-order chi connectivity index (χ1) is 12.3. The molecule has 0 amide bonds. The molecule has 0 N–H and O–H groups in total. The lowest BCUT2D eigenvalue weighted by molar-refractivity contribution is 0.320. The van der Waals surface area contributed by atoms with Crippen LogP contribution in [-0.4, -0.2) is 28.2 Å². The first-order valence-electron chi connectivity index (χ1n) is 8.42. The van der Waals surface area contributed by atoms with Crippen molar-refractivity contribution < 1.29 is 4.42 Å². The maximum absolute atomic E-state index is 8.87. The minimum absolute atomic E-state index is 0.281. The molecule has 1 aliphatic rings. The summed E-state index contributed by atoms with van der Waals surface area (Å²) in [6, 6.07) is 19.8. The van der Waals surface area contributed by atoms with Crippen LogP contribution in [0.3, 0.4) is 0 Å². The predicted molar refractivity (Wildman–Crippen MR) is 93.5 cm³/mol. The Morgan fingerprint density at radius 2 is 1.88 bits per heavy atom. The Bertz CT molecular complexity index is 880. The fourth-order valence-corrected chi connectivity index (χ4v) is 3.22. The molecule has 25 heavy (non-hydrogen) atoms. The first kappa shape index (κ1) is 15.6. The van der Waals surface area contributed by atoms with E-state index in [1.54, 1.807) is 0 Å². The van der Waals surface area contributed by atoms with Crippen LogP contribution in [-0.2, 0) is 6.54 Å². The van der Waals surface area contributed by atoms with E-state index in [1.807, 2.05) is 54.6 Å². The lowest BCUT2D eigenvalue weighted by Gasteiger charge is -2.15. The van der Waals surface area contributed by atoms with Crippen LogP contribution in [0.2, 0.25) is 0 Å². The van der Waals surface area contributed by atoms with Gasteiger partial charge in [-0.1, -0.05) is 30.3 Å². The van der Waals surface area contributed by atoms with E-state index in [0.29, 0.717) is 11.5 Å². The number of nitriles is 1. The van der Waals surface area contributed by atoms with Crippen molar-refractivity contribution in [3.05, 3.63) is 71.6 Å². The SMILES string of the molecule is N#Cc1ccc(CN2CC[C@H](c3nnc(-c4ccccc4)o3)C2)cc1. The maximum atomic E-state index is 8.87. The van der Waals surface area contributed by atoms with Gasteiger partial charge in [0, 0.05) is 18.7 Å². The lowest BCUT2D eigenvalue weighted by atomic mass is 10.1. The van der Waals surface area contributed by atoms with Gasteiger partial charge < -0.3 is 4.42 Å². The van der Waals surface area contributed by atoms with Crippen molar-refractivity contribution in [2.75, 3.05) is 13.1 Å². The lowest BCUT2D eigenvalue weighted by Crippen LogP contribution is -2.19. The molecule has 124 valence electrons. The summed E-state index contributed by atoms with van der Waals surface area (Å²) >= 11 is 0. The highest BCUT2D eigenvalue weighted by Gasteiger charge is 2.28. The molecule has 0 unspecified atom stereocenters. The minimum Gasteiger partial charge on any atom is -0.420 e. The summed E-state index contributed by atoms with van der Waals surface area (Å²) in [5.74, 6) is 1.59. The monoisotopic (exact) mass is 330 g/mol. The molecular weight excluding hydrogens is 312 g/mol. The minimum atomic E-state index is 0.281. The molecule has 0 spiro atoms. The Kier molecular flexibility index (Phi) is 4.28. The molecule has 5 heteroatoms. The highest BCUT2D eigenvalue weighted by atomic mass is 16.4. The fraction of sp³-hybridized carbons (Fsp3) is 0.250. The average Bonchev–Trinajstić information content (AvgIpc) is 3.32. The first-order valence-corrected chi connectivity index (χ1v) is 8.42. The smallest absolute Gasteiger partial charge is 0.247 e. The van der Waals surface area contributed by atoms with Crippen LogP contribution in [0.1, 0.15) is 29.4 Å². The van der Waals surface area contributed by atoms with Crippen molar-refractivity contribution in [1.29, 1.82) is 5.26 Å². The molecule has 0 bridgehead atoms. The zero-order valence-electron chi connectivity index (χ0n) is 13.8. The molecule has 0 aliphatic carbocycles. The van der Waals surface area contributed by atoms with Crippen molar-refractivity contribution in [2.45, 2.75) is 18.9 Å². The summed E-state index contributed by atoms with van der Waals surface area (Å²) in [5, 5.41) is 17.3. The molecule has 5 nitrogen and oxygen atoms in total. The van der Waals surface area contributed by atoms with Gasteiger partial charge in [0.2, 0.25) is 11.8 Å². The zero-order chi connectivity index (χ0) is 17.1. The Morgan fingerprint density at radius 1 is 1.08 bits per heavy atom. The molecule has 1 saturated heterocycles. The van der Waals surface area contributed by atoms with E-state index in [0.717, 1.165) is 37.5 Å². The molecule has 2 heterocycles. The number of aromatic nitrogens is 2. The van der Waals surface area contributed by atoms with Crippen molar-refractivity contribution in [2.24, 2.45) is 0 Å². The molecule has 2 aromatic carbocycles. The summed E-state index contributed by atoms with van der Waals surface area (Å²) in [6.45, 7) is 2.80. The number of nitrogens with zero attached hydrogens (tertiary/aromatic N) is 4. The molecule has 4 rings (SSSR count). The van der Waals surface area contributed by atoms with E-state index in [-0.39, 0.29) is 5.92 Å². The summed E-state index contributed by atoms with van der Waals surface area (Å²) < 4.78 is 5.90. The molecule has 3 aromatic rings. The second kappa shape index (κ2) is 6.88. The quantitative estimate of drug-likeness (QED) is 0.731. The third-order valence-electron chi connectivity index (χ3n) is 4.57. The van der Waals surface area contributed by atoms with Crippen molar-refractivity contribution >= 4 is 0 Å². The van der Waals surface area contributed by atoms with Gasteiger partial charge in [0.15, 0.2) is 0 Å². The van der Waals surface area contributed by atoms with Gasteiger partial charge in [-0.05, 0) is 42.8 Å². The van der Waals surface area contributed by atoms with Crippen LogP contribution in [0.4, 0.5) is 0 Å². The van der Waals surface area contributed by atoms with Crippen LogP contribution in [0.15, 0.2) is 59.0 Å². The number of rotatable bonds is 4. The van der Waals surface area contributed by atoms with Crippen LogP contribution in [0.5, 0.6) is 0 Å². The second-order valence-corrected chi connectivity index (χ2v) is 6.34. The van der Waals surface area contributed by atoms with Crippen LogP contribution in [0, 0.1) is 11.3 Å². The molecule has 1 aromatic heterocycles. The van der Waals surface area contributed by atoms with Gasteiger partial charge >= 0.3 is 0 Å². The molecule has 0 saturated carbocycles. The number of hydrogen-bond donors (Lipinski definition) is 0. The van der Waals surface area contributed by atoms with E-state index in [4.69, 9.17) is 9.68 Å². The normalized spacial score (nSPS) is 17.5. The number of hydrogen-bond acceptors (Lipinski definition) is 5. The van der Waals surface area contributed by atoms with Gasteiger partial charge in [-0.15, -0.1) is 10.2 Å². The Labute approximate surface area is 146 Å². The Morgan fingerprint density at radius 3 is 2.64 bits per heavy atom. The highest BCUT2D eigenvalue weighted by Crippen LogP contribution is 2.29. The van der Waals surface area contributed by atoms with E-state index in [2.05, 4.69) is 21.2 Å². The Balaban J connectivity index is 1.40. The maximum Gasteiger partial charge on any atom is 0.247 e. The Hall–Kier alpha value is -2.97. The fourth-order valence-electron chi connectivity index (χ4n) is 3.22. The van der Waals surface area contributed by atoms with Crippen molar-refractivity contribution in [3.63, 3.8) is 0 Å². The molecule has 1 aliphatic heterocycles. The van der Waals surface area contributed by atoms with Crippen LogP contribution >= 0.6 is 0 Å². The van der Waals surface area contributed by atoms with Crippen LogP contribution in [0.25, 0.3) is 11.5 Å². The van der Waals surface area contributed by atoms with Gasteiger partial charge in [0.25, 0.3) is 0 Å². The average molecular weight is 330 g/mol. The van der Waals surface area contributed by atoms with Gasteiger partial charge in [-0.2, -0.15) is 5.26 Å². The number of likely N-dealkylation sites (tertiary alicyclic amines) is 1. The van der Waals surface area contributed by atoms with E-state index < -0.39 is 0 Å². The second-order valence-electron chi connectivity index (χ2n) is 6.34. The zero-order valence-corrected chi connectivity index (χ0v) is 13.8. The van der Waals surface area contributed by atoms with Crippen LogP contribution < -0.4 is 0 Å². The molecule has 1 fully saturated rings. The summed E-state index contributed by atoms with van der Waals surface area (Å²) in [5.41, 5.74) is 2.87. The number of benzene rings is 2.